The molecule has 1 aliphatic heterocycles. The normalized spacial score (nSPS) is 19.2. The molecular formula is C18H27N7. The summed E-state index contributed by atoms with van der Waals surface area (Å²) in [5.41, 5.74) is 1.24. The summed E-state index contributed by atoms with van der Waals surface area (Å²) in [4.78, 5) is 11.3. The highest BCUT2D eigenvalue weighted by Crippen LogP contribution is 2.34. The molecule has 25 heavy (non-hydrogen) atoms. The fraction of sp³-hybridized carbons (Fsp3) is 0.611. The van der Waals surface area contributed by atoms with E-state index >= 15 is 0 Å². The second kappa shape index (κ2) is 7.39. The Balaban J connectivity index is 1.44. The summed E-state index contributed by atoms with van der Waals surface area (Å²) >= 11 is 0. The monoisotopic (exact) mass is 341 g/mol. The number of nitrogens with one attached hydrogen (secondary N) is 3. The molecule has 1 saturated carbocycles. The Morgan fingerprint density at radius 1 is 1.12 bits per heavy atom. The molecule has 4 rings (SSSR count). The van der Waals surface area contributed by atoms with Gasteiger partial charge in [0.05, 0.1) is 0 Å². The van der Waals surface area contributed by atoms with Crippen LogP contribution in [-0.4, -0.2) is 46.3 Å². The molecule has 1 aliphatic carbocycles. The fourth-order valence-electron chi connectivity index (χ4n) is 3.92. The highest BCUT2D eigenvalue weighted by molar-refractivity contribution is 5.53. The van der Waals surface area contributed by atoms with Crippen molar-refractivity contribution in [2.24, 2.45) is 0 Å². The Kier molecular flexibility index (Phi) is 4.83. The van der Waals surface area contributed by atoms with Crippen LogP contribution in [0.3, 0.4) is 0 Å². The van der Waals surface area contributed by atoms with Gasteiger partial charge in [0, 0.05) is 37.0 Å². The standard InChI is InChI=1S/C18H27N7/c1-25(14-6-9-19-10-7-14)18-20-11-8-16(22-18)21-17-12-15(23-24-17)13-4-2-3-5-13/h8,11-14,19H,2-7,9-10H2,1H3,(H2,20,21,22,23,24). The first-order valence-corrected chi connectivity index (χ1v) is 9.38. The van der Waals surface area contributed by atoms with E-state index in [1.165, 1.54) is 31.4 Å². The molecular weight excluding hydrogens is 314 g/mol. The lowest BCUT2D eigenvalue weighted by Crippen LogP contribution is -2.41. The first-order valence-electron chi connectivity index (χ1n) is 9.38. The summed E-state index contributed by atoms with van der Waals surface area (Å²) in [6, 6.07) is 4.51. The third-order valence-corrected chi connectivity index (χ3v) is 5.46. The van der Waals surface area contributed by atoms with E-state index in [1.54, 1.807) is 0 Å². The van der Waals surface area contributed by atoms with Crippen LogP contribution in [0.5, 0.6) is 0 Å². The number of hydrogen-bond acceptors (Lipinski definition) is 6. The van der Waals surface area contributed by atoms with Gasteiger partial charge in [-0.05, 0) is 44.8 Å². The van der Waals surface area contributed by atoms with Crippen molar-refractivity contribution >= 4 is 17.6 Å². The van der Waals surface area contributed by atoms with Gasteiger partial charge in [-0.15, -0.1) is 0 Å². The summed E-state index contributed by atoms with van der Waals surface area (Å²) in [6.45, 7) is 2.12. The van der Waals surface area contributed by atoms with Crippen molar-refractivity contribution in [1.82, 2.24) is 25.5 Å². The van der Waals surface area contributed by atoms with Gasteiger partial charge >= 0.3 is 0 Å². The maximum absolute atomic E-state index is 4.68. The van der Waals surface area contributed by atoms with Gasteiger partial charge in [0.1, 0.15) is 5.82 Å². The Hall–Kier alpha value is -2.15. The number of H-pyrrole nitrogens is 1. The van der Waals surface area contributed by atoms with Gasteiger partial charge in [0.15, 0.2) is 5.82 Å². The van der Waals surface area contributed by atoms with Crippen molar-refractivity contribution in [3.05, 3.63) is 24.0 Å². The van der Waals surface area contributed by atoms with Crippen LogP contribution < -0.4 is 15.5 Å². The molecule has 7 heteroatoms. The summed E-state index contributed by atoms with van der Waals surface area (Å²) in [5.74, 6) is 3.02. The smallest absolute Gasteiger partial charge is 0.227 e. The zero-order valence-electron chi connectivity index (χ0n) is 14.8. The second-order valence-corrected chi connectivity index (χ2v) is 7.15. The Morgan fingerprint density at radius 2 is 1.92 bits per heavy atom. The SMILES string of the molecule is CN(c1nccc(Nc2cc(C3CCCC3)[nH]n2)n1)C1CCNCC1. The van der Waals surface area contributed by atoms with Gasteiger partial charge in [0.2, 0.25) is 5.95 Å². The molecule has 0 bridgehead atoms. The van der Waals surface area contributed by atoms with E-state index < -0.39 is 0 Å². The third kappa shape index (κ3) is 3.76. The van der Waals surface area contributed by atoms with Crippen LogP contribution in [0.15, 0.2) is 18.3 Å². The number of aromatic nitrogens is 4. The van der Waals surface area contributed by atoms with Gasteiger partial charge in [-0.3, -0.25) is 5.10 Å². The van der Waals surface area contributed by atoms with Gasteiger partial charge in [-0.2, -0.15) is 10.1 Å². The van der Waals surface area contributed by atoms with Crippen molar-refractivity contribution in [3.63, 3.8) is 0 Å². The van der Waals surface area contributed by atoms with Crippen molar-refractivity contribution < 1.29 is 0 Å². The summed E-state index contributed by atoms with van der Waals surface area (Å²) in [6.07, 6.45) is 9.24. The van der Waals surface area contributed by atoms with Gasteiger partial charge < -0.3 is 15.5 Å². The maximum atomic E-state index is 4.68. The molecule has 1 saturated heterocycles. The van der Waals surface area contributed by atoms with Crippen LogP contribution in [0, 0.1) is 0 Å². The first-order chi connectivity index (χ1) is 12.3. The Bertz CT molecular complexity index is 686. The van der Waals surface area contributed by atoms with Crippen LogP contribution in [0.4, 0.5) is 17.6 Å². The molecule has 3 heterocycles. The number of rotatable bonds is 5. The molecule has 2 aromatic heterocycles. The lowest BCUT2D eigenvalue weighted by atomic mass is 10.0. The quantitative estimate of drug-likeness (QED) is 0.776. The molecule has 0 aromatic carbocycles. The first kappa shape index (κ1) is 16.3. The van der Waals surface area contributed by atoms with Crippen molar-refractivity contribution in [1.29, 1.82) is 0 Å². The summed E-state index contributed by atoms with van der Waals surface area (Å²) in [7, 11) is 2.09. The zero-order chi connectivity index (χ0) is 17.1. The molecule has 0 spiro atoms. The minimum atomic E-state index is 0.496. The fourth-order valence-corrected chi connectivity index (χ4v) is 3.92. The lowest BCUT2D eigenvalue weighted by Gasteiger charge is -2.31. The molecule has 134 valence electrons. The molecule has 0 radical (unpaired) electrons. The topological polar surface area (TPSA) is 81.8 Å². The van der Waals surface area contributed by atoms with E-state index in [4.69, 9.17) is 0 Å². The van der Waals surface area contributed by atoms with Crippen LogP contribution in [-0.2, 0) is 0 Å². The lowest BCUT2D eigenvalue weighted by molar-refractivity contribution is 0.440. The number of nitrogens with zero attached hydrogens (tertiary/aromatic N) is 4. The van der Waals surface area contributed by atoms with Crippen LogP contribution in [0.25, 0.3) is 0 Å². The van der Waals surface area contributed by atoms with E-state index in [-0.39, 0.29) is 0 Å². The van der Waals surface area contributed by atoms with E-state index in [0.717, 1.165) is 43.5 Å². The third-order valence-electron chi connectivity index (χ3n) is 5.46. The molecule has 7 nitrogen and oxygen atoms in total. The minimum absolute atomic E-state index is 0.496. The Labute approximate surface area is 148 Å². The number of anilines is 3. The number of piperidine rings is 1. The van der Waals surface area contributed by atoms with E-state index in [0.29, 0.717) is 12.0 Å². The molecule has 3 N–H and O–H groups in total. The predicted molar refractivity (Wildman–Crippen MR) is 99.4 cm³/mol. The van der Waals surface area contributed by atoms with Crippen molar-refractivity contribution in [2.45, 2.75) is 50.5 Å². The minimum Gasteiger partial charge on any atom is -0.341 e. The maximum Gasteiger partial charge on any atom is 0.227 e. The van der Waals surface area contributed by atoms with E-state index in [1.807, 2.05) is 12.3 Å². The van der Waals surface area contributed by atoms with E-state index in [9.17, 15) is 0 Å². The van der Waals surface area contributed by atoms with Gasteiger partial charge in [-0.25, -0.2) is 4.98 Å². The molecule has 0 atom stereocenters. The van der Waals surface area contributed by atoms with Crippen LogP contribution >= 0.6 is 0 Å². The van der Waals surface area contributed by atoms with Gasteiger partial charge in [0.25, 0.3) is 0 Å². The largest absolute Gasteiger partial charge is 0.341 e. The van der Waals surface area contributed by atoms with Gasteiger partial charge in [-0.1, -0.05) is 12.8 Å². The average Bonchev–Trinajstić information content (AvgIpc) is 3.34. The Morgan fingerprint density at radius 3 is 2.72 bits per heavy atom. The summed E-state index contributed by atoms with van der Waals surface area (Å²) in [5, 5.41) is 14.3. The molecule has 2 fully saturated rings. The predicted octanol–water partition coefficient (Wildman–Crippen LogP) is 2.79. The van der Waals surface area contributed by atoms with E-state index in [2.05, 4.69) is 48.8 Å². The van der Waals surface area contributed by atoms with Crippen LogP contribution in [0.1, 0.15) is 50.1 Å². The zero-order valence-corrected chi connectivity index (χ0v) is 14.8. The molecule has 2 aliphatic rings. The molecule has 0 unspecified atom stereocenters. The number of aromatic amines is 1. The highest BCUT2D eigenvalue weighted by atomic mass is 15.3. The average molecular weight is 341 g/mol. The van der Waals surface area contributed by atoms with Crippen molar-refractivity contribution in [3.8, 4) is 0 Å². The molecule has 2 aromatic rings. The highest BCUT2D eigenvalue weighted by Gasteiger charge is 2.21. The van der Waals surface area contributed by atoms with Crippen LogP contribution in [0.2, 0.25) is 0 Å². The van der Waals surface area contributed by atoms with Crippen molar-refractivity contribution in [2.75, 3.05) is 30.4 Å². The summed E-state index contributed by atoms with van der Waals surface area (Å²) < 4.78 is 0. The second-order valence-electron chi connectivity index (χ2n) is 7.15. The molecule has 0 amide bonds. The number of hydrogen-bond donors (Lipinski definition) is 3.